The minimum atomic E-state index is -0.0976. The van der Waals surface area contributed by atoms with Crippen LogP contribution in [0.4, 0.5) is 0 Å². The number of carbonyl (C=O) groups is 2. The number of aliphatic imine (C=N–C) groups is 1. The predicted octanol–water partition coefficient (Wildman–Crippen LogP) is 2.90. The summed E-state index contributed by atoms with van der Waals surface area (Å²) < 4.78 is 0. The Kier molecular flexibility index (Phi) is 10.6. The van der Waals surface area contributed by atoms with Crippen LogP contribution in [0.1, 0.15) is 61.4 Å². The average molecular weight is 541 g/mol. The average Bonchev–Trinajstić information content (AvgIpc) is 3.26. The summed E-state index contributed by atoms with van der Waals surface area (Å²) >= 11 is 0. The number of halogens is 1. The first-order valence-corrected chi connectivity index (χ1v) is 11.3. The molecule has 1 aromatic carbocycles. The van der Waals surface area contributed by atoms with Crippen LogP contribution in [0.3, 0.4) is 0 Å². The molecule has 0 radical (unpaired) electrons. The van der Waals surface area contributed by atoms with Gasteiger partial charge in [-0.2, -0.15) is 0 Å². The highest BCUT2D eigenvalue weighted by Crippen LogP contribution is 2.26. The summed E-state index contributed by atoms with van der Waals surface area (Å²) in [6, 6.07) is 7.73. The number of hydrogen-bond donors (Lipinski definition) is 3. The number of rotatable bonds is 6. The number of nitrogens with one attached hydrogen (secondary N) is 3. The van der Waals surface area contributed by atoms with Crippen molar-refractivity contribution in [2.45, 2.75) is 58.0 Å². The molecule has 2 aliphatic rings. The quantitative estimate of drug-likeness (QED) is 0.294. The summed E-state index contributed by atoms with van der Waals surface area (Å²) in [5.41, 5.74) is 1.62. The molecule has 2 fully saturated rings. The van der Waals surface area contributed by atoms with E-state index in [2.05, 4.69) is 16.0 Å². The van der Waals surface area contributed by atoms with Crippen LogP contribution in [0.25, 0.3) is 0 Å². The normalized spacial score (nSPS) is 19.5. The van der Waals surface area contributed by atoms with E-state index < -0.39 is 0 Å². The van der Waals surface area contributed by atoms with Crippen LogP contribution in [-0.4, -0.2) is 55.4 Å². The molecule has 2 amide bonds. The van der Waals surface area contributed by atoms with E-state index in [1.54, 1.807) is 13.1 Å². The molecule has 1 saturated carbocycles. The molecular formula is C23H36IN5O2. The number of nitrogens with zero attached hydrogens (tertiary/aromatic N) is 2. The van der Waals surface area contributed by atoms with E-state index in [0.29, 0.717) is 18.0 Å². The third kappa shape index (κ3) is 7.36. The molecule has 0 aromatic heterocycles. The van der Waals surface area contributed by atoms with Gasteiger partial charge in [0.1, 0.15) is 0 Å². The second-order valence-electron chi connectivity index (χ2n) is 8.22. The molecule has 1 aliphatic carbocycles. The van der Waals surface area contributed by atoms with E-state index in [1.165, 1.54) is 19.3 Å². The number of benzene rings is 1. The van der Waals surface area contributed by atoms with Crippen molar-refractivity contribution < 1.29 is 9.59 Å². The molecular weight excluding hydrogens is 505 g/mol. The van der Waals surface area contributed by atoms with Gasteiger partial charge in [-0.25, -0.2) is 4.99 Å². The highest BCUT2D eigenvalue weighted by molar-refractivity contribution is 14.0. The summed E-state index contributed by atoms with van der Waals surface area (Å²) in [7, 11) is 1.63. The molecule has 172 valence electrons. The predicted molar refractivity (Wildman–Crippen MR) is 135 cm³/mol. The van der Waals surface area contributed by atoms with Gasteiger partial charge in [-0.1, -0.05) is 31.4 Å². The van der Waals surface area contributed by atoms with E-state index in [1.807, 2.05) is 30.0 Å². The highest BCUT2D eigenvalue weighted by Gasteiger charge is 2.31. The van der Waals surface area contributed by atoms with Gasteiger partial charge in [0.05, 0.1) is 6.54 Å². The molecule has 1 aliphatic heterocycles. The van der Waals surface area contributed by atoms with Crippen LogP contribution in [0.5, 0.6) is 0 Å². The van der Waals surface area contributed by atoms with Gasteiger partial charge in [-0.15, -0.1) is 24.0 Å². The van der Waals surface area contributed by atoms with Crippen molar-refractivity contribution in [3.05, 3.63) is 35.4 Å². The van der Waals surface area contributed by atoms with Crippen LogP contribution in [0, 0.1) is 5.92 Å². The molecule has 3 rings (SSSR count). The van der Waals surface area contributed by atoms with Gasteiger partial charge in [-0.3, -0.25) is 9.59 Å². The zero-order valence-corrected chi connectivity index (χ0v) is 21.0. The fourth-order valence-corrected chi connectivity index (χ4v) is 4.32. The molecule has 1 unspecified atom stereocenters. The van der Waals surface area contributed by atoms with Crippen molar-refractivity contribution in [1.29, 1.82) is 0 Å². The van der Waals surface area contributed by atoms with Gasteiger partial charge in [0.15, 0.2) is 5.96 Å². The van der Waals surface area contributed by atoms with Crippen molar-refractivity contribution in [1.82, 2.24) is 20.9 Å². The minimum Gasteiger partial charge on any atom is -0.357 e. The number of carbonyl (C=O) groups excluding carboxylic acids is 2. The minimum absolute atomic E-state index is 0. The summed E-state index contributed by atoms with van der Waals surface area (Å²) in [4.78, 5) is 31.4. The largest absolute Gasteiger partial charge is 0.357 e. The number of hydrogen-bond acceptors (Lipinski definition) is 3. The van der Waals surface area contributed by atoms with Gasteiger partial charge in [0, 0.05) is 44.2 Å². The Hall–Kier alpha value is -1.84. The molecule has 3 N–H and O–H groups in total. The molecule has 7 nitrogen and oxygen atoms in total. The Labute approximate surface area is 202 Å². The maximum atomic E-state index is 12.8. The van der Waals surface area contributed by atoms with E-state index in [0.717, 1.165) is 50.4 Å². The van der Waals surface area contributed by atoms with Crippen molar-refractivity contribution in [2.75, 3.05) is 26.7 Å². The topological polar surface area (TPSA) is 85.8 Å². The Morgan fingerprint density at radius 2 is 1.94 bits per heavy atom. The van der Waals surface area contributed by atoms with Crippen LogP contribution >= 0.6 is 24.0 Å². The van der Waals surface area contributed by atoms with Crippen LogP contribution in [-0.2, 0) is 11.3 Å². The third-order valence-electron chi connectivity index (χ3n) is 5.98. The zero-order valence-electron chi connectivity index (χ0n) is 18.7. The Morgan fingerprint density at radius 1 is 1.16 bits per heavy atom. The monoisotopic (exact) mass is 541 g/mol. The second kappa shape index (κ2) is 12.9. The summed E-state index contributed by atoms with van der Waals surface area (Å²) in [6.45, 7) is 4.85. The lowest BCUT2D eigenvalue weighted by atomic mass is 9.88. The maximum Gasteiger partial charge on any atom is 0.251 e. The number of amides is 2. The van der Waals surface area contributed by atoms with Crippen molar-refractivity contribution in [2.24, 2.45) is 10.9 Å². The molecule has 31 heavy (non-hydrogen) atoms. The first-order valence-electron chi connectivity index (χ1n) is 11.3. The molecule has 8 heteroatoms. The Morgan fingerprint density at radius 3 is 2.65 bits per heavy atom. The van der Waals surface area contributed by atoms with E-state index >= 15 is 0 Å². The summed E-state index contributed by atoms with van der Waals surface area (Å²) in [5, 5.41) is 9.43. The smallest absolute Gasteiger partial charge is 0.251 e. The lowest BCUT2D eigenvalue weighted by Gasteiger charge is -2.26. The van der Waals surface area contributed by atoms with Crippen molar-refractivity contribution in [3.63, 3.8) is 0 Å². The van der Waals surface area contributed by atoms with Gasteiger partial charge in [0.2, 0.25) is 5.91 Å². The van der Waals surface area contributed by atoms with Crippen LogP contribution in [0.15, 0.2) is 29.3 Å². The van der Waals surface area contributed by atoms with E-state index in [9.17, 15) is 9.59 Å². The Bertz CT molecular complexity index is 764. The SMILES string of the molecule is CCNC(=NCc1cccc(C(=O)NC)c1)NC1CCN(C(=O)C2CCCCC2)C1.I. The van der Waals surface area contributed by atoms with Crippen molar-refractivity contribution in [3.8, 4) is 0 Å². The Balaban J connectivity index is 0.00000341. The highest BCUT2D eigenvalue weighted by atomic mass is 127. The number of guanidine groups is 1. The van der Waals surface area contributed by atoms with Gasteiger partial charge in [-0.05, 0) is 43.9 Å². The van der Waals surface area contributed by atoms with E-state index in [-0.39, 0.29) is 41.8 Å². The lowest BCUT2D eigenvalue weighted by Crippen LogP contribution is -2.45. The lowest BCUT2D eigenvalue weighted by molar-refractivity contribution is -0.135. The standard InChI is InChI=1S/C23H35N5O2.HI/c1-3-25-23(26-15-17-8-7-11-19(14-17)21(29)24-2)27-20-12-13-28(16-20)22(30)18-9-5-4-6-10-18;/h7-8,11,14,18,20H,3-6,9-10,12-13,15-16H2,1-2H3,(H,24,29)(H2,25,26,27);1H. The number of likely N-dealkylation sites (tertiary alicyclic amines) is 1. The first-order chi connectivity index (χ1) is 14.6. The van der Waals surface area contributed by atoms with Gasteiger partial charge < -0.3 is 20.9 Å². The first kappa shape index (κ1) is 25.4. The third-order valence-corrected chi connectivity index (χ3v) is 5.98. The van der Waals surface area contributed by atoms with Crippen LogP contribution in [0.2, 0.25) is 0 Å². The fraction of sp³-hybridized carbons (Fsp3) is 0.609. The van der Waals surface area contributed by atoms with Gasteiger partial charge >= 0.3 is 0 Å². The van der Waals surface area contributed by atoms with Crippen LogP contribution < -0.4 is 16.0 Å². The molecule has 1 atom stereocenters. The molecule has 0 spiro atoms. The van der Waals surface area contributed by atoms with Gasteiger partial charge in [0.25, 0.3) is 5.91 Å². The molecule has 1 heterocycles. The fourth-order valence-electron chi connectivity index (χ4n) is 4.32. The maximum absolute atomic E-state index is 12.8. The molecule has 1 saturated heterocycles. The second-order valence-corrected chi connectivity index (χ2v) is 8.22. The zero-order chi connectivity index (χ0) is 21.3. The molecule has 0 bridgehead atoms. The van der Waals surface area contributed by atoms with Crippen molar-refractivity contribution >= 4 is 41.8 Å². The van der Waals surface area contributed by atoms with E-state index in [4.69, 9.17) is 4.99 Å². The molecule has 1 aromatic rings. The summed E-state index contributed by atoms with van der Waals surface area (Å²) in [5.74, 6) is 1.22. The summed E-state index contributed by atoms with van der Waals surface area (Å²) in [6.07, 6.45) is 6.67.